The van der Waals surface area contributed by atoms with Crippen molar-refractivity contribution < 1.29 is 23.9 Å². The molecule has 1 aromatic heterocycles. The zero-order valence-electron chi connectivity index (χ0n) is 15.1. The lowest BCUT2D eigenvalue weighted by atomic mass is 9.99. The van der Waals surface area contributed by atoms with Crippen molar-refractivity contribution >= 4 is 23.6 Å². The van der Waals surface area contributed by atoms with Crippen LogP contribution in [0.3, 0.4) is 0 Å². The number of hydrogen-bond donors (Lipinski definition) is 2. The van der Waals surface area contributed by atoms with Crippen LogP contribution in [0.15, 0.2) is 18.3 Å². The van der Waals surface area contributed by atoms with Gasteiger partial charge in [0.1, 0.15) is 5.69 Å². The quantitative estimate of drug-likeness (QED) is 0.705. The van der Waals surface area contributed by atoms with Crippen LogP contribution < -0.4 is 10.6 Å². The van der Waals surface area contributed by atoms with E-state index in [9.17, 15) is 14.4 Å². The Morgan fingerprint density at radius 1 is 1.28 bits per heavy atom. The summed E-state index contributed by atoms with van der Waals surface area (Å²) in [6.07, 6.45) is 1.38. The van der Waals surface area contributed by atoms with E-state index in [0.717, 1.165) is 0 Å². The maximum Gasteiger partial charge on any atom is 0.319 e. The summed E-state index contributed by atoms with van der Waals surface area (Å²) in [6.45, 7) is 1.79. The summed E-state index contributed by atoms with van der Waals surface area (Å²) in [4.78, 5) is 41.1. The SMILES string of the molecule is COCC(C)(CC(=O)OC)NC(=O)Nc1ccnc(C(=O)N(C)C)c1. The molecular weight excluding hydrogens is 328 g/mol. The highest BCUT2D eigenvalue weighted by molar-refractivity contribution is 5.95. The molecule has 0 radical (unpaired) electrons. The van der Waals surface area contributed by atoms with E-state index in [1.807, 2.05) is 0 Å². The van der Waals surface area contributed by atoms with Gasteiger partial charge in [-0.05, 0) is 19.1 Å². The maximum absolute atomic E-state index is 12.2. The normalized spacial score (nSPS) is 12.7. The van der Waals surface area contributed by atoms with Gasteiger partial charge >= 0.3 is 12.0 Å². The lowest BCUT2D eigenvalue weighted by molar-refractivity contribution is -0.142. The van der Waals surface area contributed by atoms with Gasteiger partial charge in [-0.2, -0.15) is 0 Å². The number of nitrogens with zero attached hydrogens (tertiary/aromatic N) is 2. The average Bonchev–Trinajstić information content (AvgIpc) is 2.53. The van der Waals surface area contributed by atoms with Gasteiger partial charge in [0.05, 0.1) is 25.7 Å². The van der Waals surface area contributed by atoms with Crippen LogP contribution in [0.1, 0.15) is 23.8 Å². The van der Waals surface area contributed by atoms with Crippen LogP contribution in [0.5, 0.6) is 0 Å². The molecule has 0 spiro atoms. The second-order valence-electron chi connectivity index (χ2n) is 5.96. The number of methoxy groups -OCH3 is 2. The number of ether oxygens (including phenoxy) is 2. The molecule has 0 saturated carbocycles. The minimum atomic E-state index is -0.943. The molecule has 3 amide bonds. The molecule has 0 aromatic carbocycles. The van der Waals surface area contributed by atoms with Gasteiger partial charge in [-0.25, -0.2) is 4.79 Å². The fourth-order valence-electron chi connectivity index (χ4n) is 2.13. The predicted octanol–water partition coefficient (Wildman–Crippen LogP) is 0.873. The maximum atomic E-state index is 12.2. The lowest BCUT2D eigenvalue weighted by Gasteiger charge is -2.29. The van der Waals surface area contributed by atoms with Crippen molar-refractivity contribution in [3.8, 4) is 0 Å². The highest BCUT2D eigenvalue weighted by atomic mass is 16.5. The summed E-state index contributed by atoms with van der Waals surface area (Å²) in [7, 11) is 5.96. The Kier molecular flexibility index (Phi) is 7.31. The first-order chi connectivity index (χ1) is 11.7. The van der Waals surface area contributed by atoms with Crippen molar-refractivity contribution in [1.82, 2.24) is 15.2 Å². The molecule has 0 fully saturated rings. The van der Waals surface area contributed by atoms with Crippen LogP contribution in [0.4, 0.5) is 10.5 Å². The lowest BCUT2D eigenvalue weighted by Crippen LogP contribution is -2.52. The van der Waals surface area contributed by atoms with Crippen LogP contribution in [0.2, 0.25) is 0 Å². The van der Waals surface area contributed by atoms with Crippen LogP contribution >= 0.6 is 0 Å². The number of pyridine rings is 1. The highest BCUT2D eigenvalue weighted by Crippen LogP contribution is 2.13. The first-order valence-corrected chi connectivity index (χ1v) is 7.53. The Labute approximate surface area is 146 Å². The van der Waals surface area contributed by atoms with Crippen LogP contribution in [0, 0.1) is 0 Å². The van der Waals surface area contributed by atoms with E-state index in [2.05, 4.69) is 20.4 Å². The number of nitrogens with one attached hydrogen (secondary N) is 2. The van der Waals surface area contributed by atoms with Crippen molar-refractivity contribution in [3.05, 3.63) is 24.0 Å². The third-order valence-corrected chi connectivity index (χ3v) is 3.28. The van der Waals surface area contributed by atoms with Crippen LogP contribution in [-0.4, -0.2) is 68.3 Å². The Hall–Kier alpha value is -2.68. The van der Waals surface area contributed by atoms with Crippen molar-refractivity contribution in [2.75, 3.05) is 40.2 Å². The van der Waals surface area contributed by atoms with Gasteiger partial charge in [0.15, 0.2) is 0 Å². The molecule has 0 aliphatic heterocycles. The second kappa shape index (κ2) is 8.97. The highest BCUT2D eigenvalue weighted by Gasteiger charge is 2.30. The van der Waals surface area contributed by atoms with E-state index in [-0.39, 0.29) is 24.6 Å². The van der Waals surface area contributed by atoms with E-state index in [0.29, 0.717) is 5.69 Å². The van der Waals surface area contributed by atoms with Gasteiger partial charge < -0.3 is 25.0 Å². The fourth-order valence-corrected chi connectivity index (χ4v) is 2.13. The van der Waals surface area contributed by atoms with Crippen LogP contribution in [0.25, 0.3) is 0 Å². The zero-order valence-corrected chi connectivity index (χ0v) is 15.1. The smallest absolute Gasteiger partial charge is 0.319 e. The monoisotopic (exact) mass is 352 g/mol. The first kappa shape index (κ1) is 20.4. The molecule has 1 rings (SSSR count). The molecule has 0 aliphatic rings. The number of hydrogen-bond acceptors (Lipinski definition) is 6. The minimum absolute atomic E-state index is 0.0501. The standard InChI is InChI=1S/C16H24N4O5/c1-16(10-24-4,9-13(21)25-5)19-15(23)18-11-6-7-17-12(8-11)14(22)20(2)3/h6-8H,9-10H2,1-5H3,(H2,17,18,19,23). The Bertz CT molecular complexity index is 635. The Balaban J connectivity index is 2.82. The van der Waals surface area contributed by atoms with E-state index in [1.165, 1.54) is 31.4 Å². The molecule has 0 aliphatic carbocycles. The molecular formula is C16H24N4O5. The summed E-state index contributed by atoms with van der Waals surface area (Å²) in [6, 6.07) is 2.48. The molecule has 0 bridgehead atoms. The van der Waals surface area contributed by atoms with Gasteiger partial charge in [-0.15, -0.1) is 0 Å². The van der Waals surface area contributed by atoms with Gasteiger partial charge in [0.25, 0.3) is 5.91 Å². The molecule has 1 atom stereocenters. The second-order valence-corrected chi connectivity index (χ2v) is 5.96. The zero-order chi connectivity index (χ0) is 19.0. The van der Waals surface area contributed by atoms with Gasteiger partial charge in [-0.1, -0.05) is 0 Å². The summed E-state index contributed by atoms with van der Waals surface area (Å²) < 4.78 is 9.71. The molecule has 9 nitrogen and oxygen atoms in total. The van der Waals surface area contributed by atoms with E-state index >= 15 is 0 Å². The van der Waals surface area contributed by atoms with Gasteiger partial charge in [-0.3, -0.25) is 14.6 Å². The van der Waals surface area contributed by atoms with Crippen LogP contribution in [-0.2, 0) is 14.3 Å². The number of esters is 1. The van der Waals surface area contributed by atoms with Gasteiger partial charge in [0, 0.05) is 33.1 Å². The van der Waals surface area contributed by atoms with Crippen molar-refractivity contribution in [2.24, 2.45) is 0 Å². The third-order valence-electron chi connectivity index (χ3n) is 3.28. The number of urea groups is 1. The number of carbonyl (C=O) groups is 3. The third kappa shape index (κ3) is 6.38. The topological polar surface area (TPSA) is 110 Å². The summed E-state index contributed by atoms with van der Waals surface area (Å²) >= 11 is 0. The summed E-state index contributed by atoms with van der Waals surface area (Å²) in [5.41, 5.74) is -0.339. The first-order valence-electron chi connectivity index (χ1n) is 7.53. The number of amides is 3. The predicted molar refractivity (Wildman–Crippen MR) is 91.3 cm³/mol. The van der Waals surface area contributed by atoms with Gasteiger partial charge in [0.2, 0.25) is 0 Å². The molecule has 2 N–H and O–H groups in total. The molecule has 9 heteroatoms. The Morgan fingerprint density at radius 3 is 2.52 bits per heavy atom. The van der Waals surface area contributed by atoms with E-state index < -0.39 is 17.5 Å². The number of rotatable bonds is 7. The molecule has 1 unspecified atom stereocenters. The Morgan fingerprint density at radius 2 is 1.96 bits per heavy atom. The molecule has 25 heavy (non-hydrogen) atoms. The summed E-state index contributed by atoms with van der Waals surface area (Å²) in [5, 5.41) is 5.30. The number of carbonyl (C=O) groups excluding carboxylic acids is 3. The van der Waals surface area contributed by atoms with Crippen molar-refractivity contribution in [1.29, 1.82) is 0 Å². The number of aromatic nitrogens is 1. The molecule has 138 valence electrons. The van der Waals surface area contributed by atoms with Crippen molar-refractivity contribution in [2.45, 2.75) is 18.9 Å². The fraction of sp³-hybridized carbons (Fsp3) is 0.500. The molecule has 1 aromatic rings. The summed E-state index contributed by atoms with van der Waals surface area (Å²) in [5.74, 6) is -0.749. The average molecular weight is 352 g/mol. The number of anilines is 1. The molecule has 1 heterocycles. The minimum Gasteiger partial charge on any atom is -0.469 e. The largest absolute Gasteiger partial charge is 0.469 e. The van der Waals surface area contributed by atoms with Crippen molar-refractivity contribution in [3.63, 3.8) is 0 Å². The van der Waals surface area contributed by atoms with E-state index in [1.54, 1.807) is 27.1 Å². The van der Waals surface area contributed by atoms with E-state index in [4.69, 9.17) is 4.74 Å². The molecule has 0 saturated heterocycles.